The number of nitrogens with one attached hydrogen (secondary N) is 1. The van der Waals surface area contributed by atoms with Crippen molar-refractivity contribution in [2.75, 3.05) is 26.1 Å². The van der Waals surface area contributed by atoms with E-state index in [-0.39, 0.29) is 31.3 Å². The number of guanidine groups is 1. The second-order valence-corrected chi connectivity index (χ2v) is 9.80. The van der Waals surface area contributed by atoms with Gasteiger partial charge in [-0.05, 0) is 37.1 Å². The second-order valence-electron chi connectivity index (χ2n) is 7.80. The molecule has 1 aromatic rings. The number of nitrogens with two attached hydrogens (primary N) is 1. The molecule has 0 fully saturated rings. The Kier molecular flexibility index (Phi) is 6.94. The fourth-order valence-corrected chi connectivity index (χ4v) is 5.07. The van der Waals surface area contributed by atoms with Gasteiger partial charge in [0, 0.05) is 24.9 Å². The molecule has 3 rings (SSSR count). The number of amides is 1. The number of allylic oxidation sites excluding steroid dienone is 3. The minimum Gasteiger partial charge on any atom is -0.374 e. The Balaban J connectivity index is 1.71. The van der Waals surface area contributed by atoms with E-state index < -0.39 is 45.6 Å². The van der Waals surface area contributed by atoms with Gasteiger partial charge < -0.3 is 15.8 Å². The zero-order valence-electron chi connectivity index (χ0n) is 17.7. The van der Waals surface area contributed by atoms with E-state index in [1.54, 1.807) is 6.07 Å². The van der Waals surface area contributed by atoms with E-state index in [0.717, 1.165) is 4.31 Å². The first-order valence-corrected chi connectivity index (χ1v) is 11.4. The molecule has 0 bridgehead atoms. The average Bonchev–Trinajstić information content (AvgIpc) is 2.73. The van der Waals surface area contributed by atoms with Gasteiger partial charge in [0.05, 0.1) is 24.5 Å². The predicted molar refractivity (Wildman–Crippen MR) is 114 cm³/mol. The normalized spacial score (nSPS) is 24.9. The number of aliphatic imine (C=N–C) groups is 1. The van der Waals surface area contributed by atoms with E-state index in [1.807, 2.05) is 0 Å². The van der Waals surface area contributed by atoms with Crippen LogP contribution in [0.5, 0.6) is 0 Å². The minimum atomic E-state index is -3.75. The number of halogens is 2. The van der Waals surface area contributed by atoms with Crippen LogP contribution in [0, 0.1) is 5.92 Å². The number of nitrogens with zero attached hydrogens (tertiary/aromatic N) is 3. The van der Waals surface area contributed by atoms with Crippen molar-refractivity contribution in [1.29, 1.82) is 0 Å². The number of pyridine rings is 1. The minimum absolute atomic E-state index is 0.0200. The zero-order valence-corrected chi connectivity index (χ0v) is 18.5. The first-order chi connectivity index (χ1) is 15.1. The molecular weight excluding hydrogens is 444 g/mol. The highest BCUT2D eigenvalue weighted by Gasteiger charge is 2.46. The van der Waals surface area contributed by atoms with Gasteiger partial charge in [-0.15, -0.1) is 0 Å². The first kappa shape index (κ1) is 23.8. The van der Waals surface area contributed by atoms with Crippen molar-refractivity contribution < 1.29 is 26.7 Å². The van der Waals surface area contributed by atoms with E-state index in [4.69, 9.17) is 10.5 Å². The lowest BCUT2D eigenvalue weighted by molar-refractivity contribution is 0.0955. The van der Waals surface area contributed by atoms with E-state index >= 15 is 0 Å². The number of sulfonamides is 1. The lowest BCUT2D eigenvalue weighted by Gasteiger charge is -2.40. The number of hydrogen-bond donors (Lipinski definition) is 2. The maximum atomic E-state index is 14.7. The molecule has 12 heteroatoms. The summed E-state index contributed by atoms with van der Waals surface area (Å²) in [6, 6.07) is 3.14. The van der Waals surface area contributed by atoms with Crippen molar-refractivity contribution in [3.8, 4) is 0 Å². The van der Waals surface area contributed by atoms with Crippen LogP contribution in [0.4, 0.5) is 8.78 Å². The Morgan fingerprint density at radius 2 is 2.16 bits per heavy atom. The fourth-order valence-electron chi connectivity index (χ4n) is 3.54. The SMILES string of the molecule is CN1C(N)=N[C@](C)(C2CC(NC(=O)c3ccc(COCCF)cn3)=CC=C2F)CS1(=O)=O. The van der Waals surface area contributed by atoms with Gasteiger partial charge in [-0.1, -0.05) is 6.07 Å². The third-order valence-electron chi connectivity index (χ3n) is 5.36. The van der Waals surface area contributed by atoms with Crippen molar-refractivity contribution in [1.82, 2.24) is 14.6 Å². The van der Waals surface area contributed by atoms with Gasteiger partial charge in [-0.3, -0.25) is 9.78 Å². The third kappa shape index (κ3) is 5.13. The van der Waals surface area contributed by atoms with Crippen molar-refractivity contribution >= 4 is 21.9 Å². The van der Waals surface area contributed by atoms with Crippen LogP contribution in [0.3, 0.4) is 0 Å². The van der Waals surface area contributed by atoms with E-state index in [2.05, 4.69) is 15.3 Å². The molecule has 0 spiro atoms. The van der Waals surface area contributed by atoms with Gasteiger partial charge >= 0.3 is 0 Å². The molecule has 9 nitrogen and oxygen atoms in total. The lowest BCUT2D eigenvalue weighted by Crippen LogP contribution is -2.54. The number of alkyl halides is 1. The largest absolute Gasteiger partial charge is 0.374 e. The highest BCUT2D eigenvalue weighted by Crippen LogP contribution is 2.39. The summed E-state index contributed by atoms with van der Waals surface area (Å²) in [7, 11) is -2.46. The number of ether oxygens (including phenoxy) is 1. The van der Waals surface area contributed by atoms with Gasteiger partial charge in [-0.2, -0.15) is 0 Å². The third-order valence-corrected chi connectivity index (χ3v) is 7.33. The molecule has 2 aliphatic rings. The van der Waals surface area contributed by atoms with Crippen LogP contribution >= 0.6 is 0 Å². The standard InChI is InChI=1S/C20H25F2N5O4S/c1-20(12-32(29,30)27(2)19(23)26-20)15-9-14(4-5-16(15)22)25-18(28)17-6-3-13(10-24-17)11-31-8-7-21/h3-6,10,15H,7-9,11-12H2,1-2H3,(H2,23,26)(H,25,28)/t15?,20-/m0/s1. The van der Waals surface area contributed by atoms with Gasteiger partial charge in [0.15, 0.2) is 0 Å². The molecule has 2 atom stereocenters. The maximum Gasteiger partial charge on any atom is 0.273 e. The summed E-state index contributed by atoms with van der Waals surface area (Å²) >= 11 is 0. The summed E-state index contributed by atoms with van der Waals surface area (Å²) in [6.07, 6.45) is 4.08. The number of carbonyl (C=O) groups is 1. The van der Waals surface area contributed by atoms with Gasteiger partial charge in [0.2, 0.25) is 16.0 Å². The quantitative estimate of drug-likeness (QED) is 0.582. The molecule has 0 saturated heterocycles. The zero-order chi connectivity index (χ0) is 23.5. The van der Waals surface area contributed by atoms with Crippen LogP contribution in [0.15, 0.2) is 47.0 Å². The Hall–Kier alpha value is -2.86. The second kappa shape index (κ2) is 9.33. The smallest absolute Gasteiger partial charge is 0.273 e. The molecule has 0 aromatic carbocycles. The fraction of sp³-hybridized carbons (Fsp3) is 0.450. The molecule has 3 N–H and O–H groups in total. The van der Waals surface area contributed by atoms with Gasteiger partial charge in [0.1, 0.15) is 18.2 Å². The topological polar surface area (TPSA) is 127 Å². The van der Waals surface area contributed by atoms with Crippen LogP contribution in [0.1, 0.15) is 29.4 Å². The molecule has 1 aromatic heterocycles. The van der Waals surface area contributed by atoms with Crippen LogP contribution in [0.2, 0.25) is 0 Å². The van der Waals surface area contributed by atoms with Crippen LogP contribution in [-0.4, -0.2) is 61.2 Å². The molecule has 1 amide bonds. The molecule has 1 aliphatic carbocycles. The Morgan fingerprint density at radius 1 is 1.41 bits per heavy atom. The Morgan fingerprint density at radius 3 is 2.78 bits per heavy atom. The van der Waals surface area contributed by atoms with Gasteiger partial charge in [-0.25, -0.2) is 26.5 Å². The van der Waals surface area contributed by atoms with Crippen molar-refractivity contribution in [3.05, 3.63) is 53.3 Å². The molecule has 1 unspecified atom stereocenters. The van der Waals surface area contributed by atoms with Crippen molar-refractivity contribution in [2.24, 2.45) is 16.6 Å². The van der Waals surface area contributed by atoms with Crippen molar-refractivity contribution in [2.45, 2.75) is 25.5 Å². The first-order valence-electron chi connectivity index (χ1n) is 9.84. The van der Waals surface area contributed by atoms with Crippen molar-refractivity contribution in [3.63, 3.8) is 0 Å². The van der Waals surface area contributed by atoms with Crippen LogP contribution < -0.4 is 11.1 Å². The predicted octanol–water partition coefficient (Wildman–Crippen LogP) is 1.40. The summed E-state index contributed by atoms with van der Waals surface area (Å²) < 4.78 is 57.6. The molecule has 1 aliphatic heterocycles. The Bertz CT molecular complexity index is 1070. The Labute approximate surface area is 185 Å². The average molecular weight is 470 g/mol. The highest BCUT2D eigenvalue weighted by molar-refractivity contribution is 7.89. The molecule has 174 valence electrons. The molecule has 32 heavy (non-hydrogen) atoms. The number of rotatable bonds is 7. The molecule has 0 radical (unpaired) electrons. The summed E-state index contributed by atoms with van der Waals surface area (Å²) in [4.78, 5) is 20.9. The maximum absolute atomic E-state index is 14.7. The number of carbonyl (C=O) groups excluding carboxylic acids is 1. The van der Waals surface area contributed by atoms with E-state index in [0.29, 0.717) is 11.3 Å². The lowest BCUT2D eigenvalue weighted by atomic mass is 9.81. The van der Waals surface area contributed by atoms with Gasteiger partial charge in [0.25, 0.3) is 5.91 Å². The highest BCUT2D eigenvalue weighted by atomic mass is 32.2. The van der Waals surface area contributed by atoms with E-state index in [1.165, 1.54) is 38.4 Å². The number of hydrogen-bond acceptors (Lipinski definition) is 7. The summed E-state index contributed by atoms with van der Waals surface area (Å²) in [5, 5.41) is 2.68. The summed E-state index contributed by atoms with van der Waals surface area (Å²) in [5.74, 6) is -2.61. The molecular formula is C20H25F2N5O4S. The molecule has 0 saturated carbocycles. The van der Waals surface area contributed by atoms with Crippen LogP contribution in [0.25, 0.3) is 0 Å². The monoisotopic (exact) mass is 469 g/mol. The summed E-state index contributed by atoms with van der Waals surface area (Å²) in [5.41, 5.74) is 5.63. The van der Waals surface area contributed by atoms with E-state index in [9.17, 15) is 22.0 Å². The van der Waals surface area contributed by atoms with Crippen LogP contribution in [-0.2, 0) is 21.4 Å². The number of aromatic nitrogens is 1. The summed E-state index contributed by atoms with van der Waals surface area (Å²) in [6.45, 7) is 1.10. The molecule has 2 heterocycles.